The lowest BCUT2D eigenvalue weighted by Gasteiger charge is -2.20. The molecule has 0 saturated carbocycles. The predicted octanol–water partition coefficient (Wildman–Crippen LogP) is 4.92. The molecule has 0 aliphatic heterocycles. The molecule has 1 atom stereocenters. The second-order valence-electron chi connectivity index (χ2n) is 6.61. The Balaban J connectivity index is 2.22. The standard InChI is InChI=1S/C20H19ClF3N3O3/c1-4-12(10-29-3)27-18-17(26-11(2)19(27)28)15(7-8-25-18)14-6-5-13(9-16(14)21)30-20(22,23)24/h5-9,12H,4,10H2,1-3H3/t12-/m0/s1. The number of rotatable bonds is 6. The van der Waals surface area contributed by atoms with E-state index in [0.717, 1.165) is 6.07 Å². The van der Waals surface area contributed by atoms with Crippen LogP contribution in [0.25, 0.3) is 22.3 Å². The van der Waals surface area contributed by atoms with E-state index in [0.29, 0.717) is 35.3 Å². The van der Waals surface area contributed by atoms with Gasteiger partial charge >= 0.3 is 6.36 Å². The van der Waals surface area contributed by atoms with Gasteiger partial charge in [0.2, 0.25) is 0 Å². The molecule has 0 fully saturated rings. The zero-order chi connectivity index (χ0) is 22.1. The Kier molecular flexibility index (Phi) is 6.33. The summed E-state index contributed by atoms with van der Waals surface area (Å²) in [6.45, 7) is 3.83. The monoisotopic (exact) mass is 441 g/mol. The topological polar surface area (TPSA) is 66.2 Å². The molecule has 2 aromatic heterocycles. The fraction of sp³-hybridized carbons (Fsp3) is 0.350. The Bertz CT molecular complexity index is 1130. The van der Waals surface area contributed by atoms with Crippen LogP contribution in [-0.2, 0) is 4.74 Å². The van der Waals surface area contributed by atoms with Crippen molar-refractivity contribution in [3.05, 3.63) is 51.5 Å². The first-order valence-electron chi connectivity index (χ1n) is 9.08. The summed E-state index contributed by atoms with van der Waals surface area (Å²) in [5.74, 6) is -0.429. The average molecular weight is 442 g/mol. The number of hydrogen-bond donors (Lipinski definition) is 0. The second kappa shape index (κ2) is 8.61. The van der Waals surface area contributed by atoms with E-state index in [1.807, 2.05) is 6.92 Å². The Hall–Kier alpha value is -2.65. The van der Waals surface area contributed by atoms with Crippen LogP contribution in [0.2, 0.25) is 5.02 Å². The molecule has 0 amide bonds. The Labute approximate surface area is 175 Å². The Morgan fingerprint density at radius 3 is 2.57 bits per heavy atom. The van der Waals surface area contributed by atoms with Gasteiger partial charge in [-0.1, -0.05) is 18.5 Å². The summed E-state index contributed by atoms with van der Waals surface area (Å²) in [4.78, 5) is 21.6. The molecule has 6 nitrogen and oxygen atoms in total. The minimum Gasteiger partial charge on any atom is -0.406 e. The summed E-state index contributed by atoms with van der Waals surface area (Å²) in [6, 6.07) is 5.05. The fourth-order valence-corrected chi connectivity index (χ4v) is 3.52. The van der Waals surface area contributed by atoms with Gasteiger partial charge in [-0.05, 0) is 37.6 Å². The lowest BCUT2D eigenvalue weighted by molar-refractivity contribution is -0.274. The van der Waals surface area contributed by atoms with Crippen molar-refractivity contribution < 1.29 is 22.6 Å². The highest BCUT2D eigenvalue weighted by Crippen LogP contribution is 2.36. The normalized spacial score (nSPS) is 12.9. The number of fused-ring (bicyclic) bond motifs is 1. The summed E-state index contributed by atoms with van der Waals surface area (Å²) in [7, 11) is 1.55. The number of benzene rings is 1. The average Bonchev–Trinajstić information content (AvgIpc) is 2.66. The number of ether oxygens (including phenoxy) is 2. The summed E-state index contributed by atoms with van der Waals surface area (Å²) in [5, 5.41) is 0.0467. The van der Waals surface area contributed by atoms with Crippen molar-refractivity contribution in [3.8, 4) is 16.9 Å². The van der Waals surface area contributed by atoms with Gasteiger partial charge in [0.25, 0.3) is 5.56 Å². The summed E-state index contributed by atoms with van der Waals surface area (Å²) < 4.78 is 48.1. The van der Waals surface area contributed by atoms with Crippen LogP contribution in [0.4, 0.5) is 13.2 Å². The van der Waals surface area contributed by atoms with Crippen molar-refractivity contribution in [1.29, 1.82) is 0 Å². The lowest BCUT2D eigenvalue weighted by atomic mass is 10.0. The minimum absolute atomic E-state index is 0.0467. The van der Waals surface area contributed by atoms with Gasteiger partial charge in [-0.25, -0.2) is 9.97 Å². The molecule has 30 heavy (non-hydrogen) atoms. The molecule has 0 aliphatic carbocycles. The van der Waals surface area contributed by atoms with Crippen LogP contribution in [-0.4, -0.2) is 34.6 Å². The van der Waals surface area contributed by atoms with E-state index in [2.05, 4.69) is 14.7 Å². The van der Waals surface area contributed by atoms with E-state index < -0.39 is 12.1 Å². The summed E-state index contributed by atoms with van der Waals surface area (Å²) in [6.07, 6.45) is -2.69. The van der Waals surface area contributed by atoms with Gasteiger partial charge in [-0.3, -0.25) is 9.36 Å². The number of methoxy groups -OCH3 is 1. The maximum atomic E-state index is 12.8. The van der Waals surface area contributed by atoms with Gasteiger partial charge in [-0.15, -0.1) is 13.2 Å². The van der Waals surface area contributed by atoms with Gasteiger partial charge < -0.3 is 9.47 Å². The van der Waals surface area contributed by atoms with Gasteiger partial charge in [0.05, 0.1) is 17.7 Å². The third-order valence-corrected chi connectivity index (χ3v) is 4.91. The largest absolute Gasteiger partial charge is 0.573 e. The highest BCUT2D eigenvalue weighted by molar-refractivity contribution is 6.33. The molecule has 3 aromatic rings. The van der Waals surface area contributed by atoms with Crippen LogP contribution in [0.3, 0.4) is 0 Å². The van der Waals surface area contributed by atoms with Gasteiger partial charge in [-0.2, -0.15) is 0 Å². The molecule has 1 aromatic carbocycles. The van der Waals surface area contributed by atoms with Crippen molar-refractivity contribution >= 4 is 22.8 Å². The van der Waals surface area contributed by atoms with Crippen LogP contribution in [0, 0.1) is 6.92 Å². The lowest BCUT2D eigenvalue weighted by Crippen LogP contribution is -2.30. The Morgan fingerprint density at radius 1 is 1.23 bits per heavy atom. The van der Waals surface area contributed by atoms with Crippen molar-refractivity contribution in [2.45, 2.75) is 32.7 Å². The molecule has 3 rings (SSSR count). The zero-order valence-corrected chi connectivity index (χ0v) is 17.2. The number of halogens is 4. The zero-order valence-electron chi connectivity index (χ0n) is 16.5. The van der Waals surface area contributed by atoms with Crippen molar-refractivity contribution in [2.75, 3.05) is 13.7 Å². The first-order chi connectivity index (χ1) is 14.2. The third-order valence-electron chi connectivity index (χ3n) is 4.60. The second-order valence-corrected chi connectivity index (χ2v) is 7.02. The molecule has 0 bridgehead atoms. The number of hydrogen-bond acceptors (Lipinski definition) is 5. The molecule has 2 heterocycles. The number of nitrogens with zero attached hydrogens (tertiary/aromatic N) is 3. The molecule has 0 aliphatic rings. The van der Waals surface area contributed by atoms with Crippen LogP contribution in [0.15, 0.2) is 35.3 Å². The van der Waals surface area contributed by atoms with E-state index in [4.69, 9.17) is 16.3 Å². The SMILES string of the molecule is CC[C@@H](COC)n1c(=O)c(C)nc2c(-c3ccc(OC(F)(F)F)cc3Cl)ccnc21. The number of alkyl halides is 3. The maximum Gasteiger partial charge on any atom is 0.573 e. The molecule has 0 N–H and O–H groups in total. The van der Waals surface area contributed by atoms with E-state index in [9.17, 15) is 18.0 Å². The van der Waals surface area contributed by atoms with Gasteiger partial charge in [0, 0.05) is 24.4 Å². The highest BCUT2D eigenvalue weighted by atomic mass is 35.5. The molecule has 0 saturated heterocycles. The van der Waals surface area contributed by atoms with Crippen LogP contribution in [0.5, 0.6) is 5.75 Å². The van der Waals surface area contributed by atoms with E-state index in [-0.39, 0.29) is 22.3 Å². The molecular formula is C20H19ClF3N3O3. The quantitative estimate of drug-likeness (QED) is 0.543. The first-order valence-corrected chi connectivity index (χ1v) is 9.46. The van der Waals surface area contributed by atoms with Crippen LogP contribution in [0.1, 0.15) is 25.1 Å². The first kappa shape index (κ1) is 22.0. The molecule has 0 spiro atoms. The van der Waals surface area contributed by atoms with Crippen LogP contribution >= 0.6 is 11.6 Å². The maximum absolute atomic E-state index is 12.8. The van der Waals surface area contributed by atoms with Gasteiger partial charge in [0.1, 0.15) is 17.0 Å². The van der Waals surface area contributed by atoms with E-state index in [1.54, 1.807) is 24.7 Å². The predicted molar refractivity (Wildman–Crippen MR) is 107 cm³/mol. The number of aromatic nitrogens is 3. The van der Waals surface area contributed by atoms with E-state index >= 15 is 0 Å². The molecule has 0 radical (unpaired) electrons. The fourth-order valence-electron chi connectivity index (χ4n) is 3.25. The molecule has 10 heteroatoms. The van der Waals surface area contributed by atoms with Crippen LogP contribution < -0.4 is 10.3 Å². The van der Waals surface area contributed by atoms with Crippen molar-refractivity contribution in [1.82, 2.24) is 14.5 Å². The molecular weight excluding hydrogens is 423 g/mol. The summed E-state index contributed by atoms with van der Waals surface area (Å²) >= 11 is 6.26. The van der Waals surface area contributed by atoms with E-state index in [1.165, 1.54) is 18.3 Å². The molecule has 0 unspecified atom stereocenters. The van der Waals surface area contributed by atoms with Crippen molar-refractivity contribution in [2.24, 2.45) is 0 Å². The smallest absolute Gasteiger partial charge is 0.406 e. The highest BCUT2D eigenvalue weighted by Gasteiger charge is 2.31. The van der Waals surface area contributed by atoms with Gasteiger partial charge in [0.15, 0.2) is 5.65 Å². The number of aryl methyl sites for hydroxylation is 1. The number of pyridine rings is 1. The minimum atomic E-state index is -4.82. The third kappa shape index (κ3) is 4.41. The molecule has 160 valence electrons. The Morgan fingerprint density at radius 2 is 1.97 bits per heavy atom. The summed E-state index contributed by atoms with van der Waals surface area (Å²) in [5.41, 5.74) is 1.72. The van der Waals surface area contributed by atoms with Crippen molar-refractivity contribution in [3.63, 3.8) is 0 Å².